The lowest BCUT2D eigenvalue weighted by atomic mass is 9.85. The first-order valence-corrected chi connectivity index (χ1v) is 9.64. The molecule has 31 heavy (non-hydrogen) atoms. The summed E-state index contributed by atoms with van der Waals surface area (Å²) in [5.41, 5.74) is 0.726. The van der Waals surface area contributed by atoms with E-state index in [1.807, 2.05) is 0 Å². The molecule has 10 heteroatoms. The van der Waals surface area contributed by atoms with Crippen LogP contribution in [0.1, 0.15) is 69.9 Å². The van der Waals surface area contributed by atoms with Gasteiger partial charge in [-0.25, -0.2) is 4.98 Å². The second-order valence-electron chi connectivity index (χ2n) is 7.72. The minimum absolute atomic E-state index is 0.325. The van der Waals surface area contributed by atoms with Crippen molar-refractivity contribution in [2.24, 2.45) is 0 Å². The molecule has 160 valence electrons. The number of hydrogen-bond acceptors (Lipinski definition) is 4. The summed E-state index contributed by atoms with van der Waals surface area (Å²) in [5, 5.41) is 18.5. The third-order valence-electron chi connectivity index (χ3n) is 5.82. The highest BCUT2D eigenvalue weighted by Crippen LogP contribution is 2.55. The Hall–Kier alpha value is -3.61. The molecule has 7 nitrogen and oxygen atoms in total. The number of benzene rings is 1. The number of aromatic nitrogens is 4. The lowest BCUT2D eigenvalue weighted by molar-refractivity contribution is -0.137. The number of hydrogen-bond donors (Lipinski definition) is 3. The fraction of sp³-hybridized carbons (Fsp3) is 0.333. The largest absolute Gasteiger partial charge is 0.417 e. The molecule has 3 N–H and O–H groups in total. The Morgan fingerprint density at radius 1 is 1.35 bits per heavy atom. The van der Waals surface area contributed by atoms with Gasteiger partial charge in [0.1, 0.15) is 17.8 Å². The summed E-state index contributed by atoms with van der Waals surface area (Å²) in [7, 11) is 0. The molecule has 0 bridgehead atoms. The monoisotopic (exact) mass is 428 g/mol. The number of nitriles is 1. The fourth-order valence-electron chi connectivity index (χ4n) is 4.01. The molecule has 0 saturated heterocycles. The van der Waals surface area contributed by atoms with E-state index in [9.17, 15) is 23.2 Å². The van der Waals surface area contributed by atoms with Crippen LogP contribution in [-0.4, -0.2) is 26.1 Å². The zero-order valence-corrected chi connectivity index (χ0v) is 16.8. The van der Waals surface area contributed by atoms with Crippen LogP contribution in [0.25, 0.3) is 0 Å². The van der Waals surface area contributed by atoms with Gasteiger partial charge in [0, 0.05) is 11.6 Å². The maximum atomic E-state index is 13.2. The second kappa shape index (κ2) is 7.27. The summed E-state index contributed by atoms with van der Waals surface area (Å²) in [6.45, 7) is 3.57. The van der Waals surface area contributed by atoms with Crippen LogP contribution >= 0.6 is 0 Å². The number of halogens is 3. The van der Waals surface area contributed by atoms with Crippen molar-refractivity contribution in [2.75, 3.05) is 0 Å². The van der Waals surface area contributed by atoms with Crippen molar-refractivity contribution in [1.82, 2.24) is 25.5 Å². The molecule has 0 aliphatic heterocycles. The summed E-state index contributed by atoms with van der Waals surface area (Å²) in [6.07, 6.45) is -0.0723. The lowest BCUT2D eigenvalue weighted by Crippen LogP contribution is -2.28. The van der Waals surface area contributed by atoms with E-state index in [0.29, 0.717) is 17.1 Å². The Morgan fingerprint density at radius 3 is 2.68 bits per heavy atom. The SMILES string of the molecule is Cc1c(C2(c3ccc(C(F)(F)F)c(C#N)c3)CC2)c[nH]c1C(=O)N[C@@H](C)c1ncn[nH]1. The molecule has 1 atom stereocenters. The van der Waals surface area contributed by atoms with Gasteiger partial charge < -0.3 is 10.3 Å². The summed E-state index contributed by atoms with van der Waals surface area (Å²) < 4.78 is 39.5. The van der Waals surface area contributed by atoms with E-state index in [0.717, 1.165) is 30.0 Å². The molecule has 1 aliphatic carbocycles. The zero-order valence-electron chi connectivity index (χ0n) is 16.8. The van der Waals surface area contributed by atoms with Crippen LogP contribution in [0.5, 0.6) is 0 Å². The highest BCUT2D eigenvalue weighted by Gasteiger charge is 2.48. The van der Waals surface area contributed by atoms with Crippen LogP contribution in [0.3, 0.4) is 0 Å². The number of carbonyl (C=O) groups is 1. The Kier molecular flexibility index (Phi) is 4.84. The first-order chi connectivity index (χ1) is 14.7. The van der Waals surface area contributed by atoms with Crippen LogP contribution < -0.4 is 5.32 Å². The van der Waals surface area contributed by atoms with Crippen molar-refractivity contribution < 1.29 is 18.0 Å². The average molecular weight is 428 g/mol. The molecule has 1 amide bonds. The van der Waals surface area contributed by atoms with E-state index in [1.54, 1.807) is 26.1 Å². The van der Waals surface area contributed by atoms with Gasteiger partial charge in [-0.05, 0) is 55.5 Å². The van der Waals surface area contributed by atoms with Gasteiger partial charge in [-0.1, -0.05) is 6.07 Å². The van der Waals surface area contributed by atoms with Gasteiger partial charge in [-0.3, -0.25) is 9.89 Å². The van der Waals surface area contributed by atoms with Gasteiger partial charge in [0.2, 0.25) is 0 Å². The van der Waals surface area contributed by atoms with Crippen molar-refractivity contribution in [2.45, 2.75) is 44.3 Å². The Morgan fingerprint density at radius 2 is 2.10 bits per heavy atom. The molecule has 3 aromatic rings. The normalized spacial score (nSPS) is 15.9. The zero-order chi connectivity index (χ0) is 22.4. The van der Waals surface area contributed by atoms with Gasteiger partial charge in [0.25, 0.3) is 5.91 Å². The number of H-pyrrole nitrogens is 2. The topological polar surface area (TPSA) is 110 Å². The number of carbonyl (C=O) groups excluding carboxylic acids is 1. The van der Waals surface area contributed by atoms with E-state index >= 15 is 0 Å². The summed E-state index contributed by atoms with van der Waals surface area (Å²) in [4.78, 5) is 19.8. The summed E-state index contributed by atoms with van der Waals surface area (Å²) in [5.74, 6) is 0.193. The first-order valence-electron chi connectivity index (χ1n) is 9.64. The van der Waals surface area contributed by atoms with Crippen molar-refractivity contribution >= 4 is 5.91 Å². The number of amides is 1. The van der Waals surface area contributed by atoms with E-state index in [2.05, 4.69) is 25.5 Å². The van der Waals surface area contributed by atoms with Crippen LogP contribution in [0.4, 0.5) is 13.2 Å². The molecule has 0 radical (unpaired) electrons. The first kappa shape index (κ1) is 20.7. The van der Waals surface area contributed by atoms with Gasteiger partial charge in [0.05, 0.1) is 23.2 Å². The highest BCUT2D eigenvalue weighted by atomic mass is 19.4. The van der Waals surface area contributed by atoms with Crippen molar-refractivity contribution in [3.63, 3.8) is 0 Å². The van der Waals surface area contributed by atoms with Gasteiger partial charge >= 0.3 is 6.18 Å². The summed E-state index contributed by atoms with van der Waals surface area (Å²) >= 11 is 0. The average Bonchev–Trinajstić information content (AvgIpc) is 3.15. The van der Waals surface area contributed by atoms with Crippen molar-refractivity contribution in [1.29, 1.82) is 5.26 Å². The summed E-state index contributed by atoms with van der Waals surface area (Å²) in [6, 6.07) is 4.98. The smallest absolute Gasteiger partial charge is 0.357 e. The van der Waals surface area contributed by atoms with Crippen molar-refractivity contribution in [3.8, 4) is 6.07 Å². The molecule has 1 saturated carbocycles. The second-order valence-corrected chi connectivity index (χ2v) is 7.72. The minimum atomic E-state index is -4.59. The van der Waals surface area contributed by atoms with Crippen LogP contribution in [0.2, 0.25) is 0 Å². The maximum Gasteiger partial charge on any atom is 0.417 e. The molecule has 0 spiro atoms. The van der Waals surface area contributed by atoms with Crippen LogP contribution in [-0.2, 0) is 11.6 Å². The molecular weight excluding hydrogens is 409 g/mol. The Bertz CT molecular complexity index is 1170. The van der Waals surface area contributed by atoms with Crippen molar-refractivity contribution in [3.05, 3.63) is 70.1 Å². The fourth-order valence-corrected chi connectivity index (χ4v) is 4.01. The molecule has 0 unspecified atom stereocenters. The minimum Gasteiger partial charge on any atom is -0.357 e. The van der Waals surface area contributed by atoms with E-state index in [4.69, 9.17) is 0 Å². The van der Waals surface area contributed by atoms with E-state index in [1.165, 1.54) is 18.5 Å². The number of aromatic amines is 2. The molecule has 2 aromatic heterocycles. The highest BCUT2D eigenvalue weighted by molar-refractivity contribution is 5.94. The van der Waals surface area contributed by atoms with Gasteiger partial charge in [-0.15, -0.1) is 0 Å². The van der Waals surface area contributed by atoms with E-state index in [-0.39, 0.29) is 11.9 Å². The Balaban J connectivity index is 1.63. The van der Waals surface area contributed by atoms with Crippen LogP contribution in [0, 0.1) is 18.3 Å². The number of nitrogens with zero attached hydrogens (tertiary/aromatic N) is 3. The van der Waals surface area contributed by atoms with Gasteiger partial charge in [-0.2, -0.15) is 23.5 Å². The third kappa shape index (κ3) is 3.56. The number of alkyl halides is 3. The molecule has 1 aromatic carbocycles. The molecule has 1 aliphatic rings. The van der Waals surface area contributed by atoms with E-state index < -0.39 is 22.7 Å². The third-order valence-corrected chi connectivity index (χ3v) is 5.82. The lowest BCUT2D eigenvalue weighted by Gasteiger charge is -2.18. The molecule has 2 heterocycles. The van der Waals surface area contributed by atoms with Crippen LogP contribution in [0.15, 0.2) is 30.7 Å². The molecular formula is C21H19F3N6O. The quantitative estimate of drug-likeness (QED) is 0.572. The van der Waals surface area contributed by atoms with Gasteiger partial charge in [0.15, 0.2) is 0 Å². The molecule has 4 rings (SSSR count). The Labute approximate surface area is 175 Å². The standard InChI is InChI=1S/C21H19F3N6O/c1-11-16(9-26-17(11)19(31)29-12(2)18-27-10-28-30-18)20(5-6-20)14-3-4-15(21(22,23)24)13(7-14)8-25/h3-4,7,9-10,12,26H,5-6H2,1-2H3,(H,29,31)(H,27,28,30)/t12-/m0/s1. The number of nitrogens with one attached hydrogen (secondary N) is 3. The predicted octanol–water partition coefficient (Wildman–Crippen LogP) is 3.90. The maximum absolute atomic E-state index is 13.2. The molecule has 1 fully saturated rings. The number of rotatable bonds is 5. The predicted molar refractivity (Wildman–Crippen MR) is 104 cm³/mol.